The minimum absolute atomic E-state index is 0.216. The molecule has 1 amide bonds. The number of thiophene rings is 1. The summed E-state index contributed by atoms with van der Waals surface area (Å²) in [6.45, 7) is 3.95. The van der Waals surface area contributed by atoms with Crippen molar-refractivity contribution in [2.45, 2.75) is 58.0 Å². The molecular weight excluding hydrogens is 306 g/mol. The van der Waals surface area contributed by atoms with E-state index in [0.717, 1.165) is 50.8 Å². The molecule has 5 heteroatoms. The standard InChI is InChI=1S/C18H25N3OS/c1-2-6-17-13-15(14-23-17)18(22)21-11-4-3-7-16(21)8-12-20-10-5-9-19-20/h5,9-10,13-14,16H,2-4,6-8,11-12H2,1H3/t16-/m1/s1. The molecule has 2 aromatic rings. The molecule has 1 aliphatic rings. The molecule has 0 saturated carbocycles. The lowest BCUT2D eigenvalue weighted by Crippen LogP contribution is -2.44. The molecule has 0 spiro atoms. The molecule has 3 heterocycles. The van der Waals surface area contributed by atoms with E-state index in [4.69, 9.17) is 0 Å². The maximum absolute atomic E-state index is 12.9. The van der Waals surface area contributed by atoms with Gasteiger partial charge in [0.2, 0.25) is 0 Å². The van der Waals surface area contributed by atoms with E-state index in [1.807, 2.05) is 28.5 Å². The summed E-state index contributed by atoms with van der Waals surface area (Å²) in [5, 5.41) is 6.30. The fourth-order valence-corrected chi connectivity index (χ4v) is 4.28. The predicted octanol–water partition coefficient (Wildman–Crippen LogP) is 3.98. The van der Waals surface area contributed by atoms with E-state index in [-0.39, 0.29) is 5.91 Å². The van der Waals surface area contributed by atoms with Gasteiger partial charge in [-0.3, -0.25) is 9.48 Å². The Kier molecular flexibility index (Phi) is 5.49. The van der Waals surface area contributed by atoms with Crippen LogP contribution in [-0.2, 0) is 13.0 Å². The number of piperidine rings is 1. The number of aryl methyl sites for hydroxylation is 2. The van der Waals surface area contributed by atoms with Crippen molar-refractivity contribution < 1.29 is 4.79 Å². The highest BCUT2D eigenvalue weighted by atomic mass is 32.1. The fourth-order valence-electron chi connectivity index (χ4n) is 3.32. The summed E-state index contributed by atoms with van der Waals surface area (Å²) in [5.41, 5.74) is 0.879. The predicted molar refractivity (Wildman–Crippen MR) is 93.8 cm³/mol. The summed E-state index contributed by atoms with van der Waals surface area (Å²) in [5.74, 6) is 0.216. The summed E-state index contributed by atoms with van der Waals surface area (Å²) < 4.78 is 1.96. The Morgan fingerprint density at radius 1 is 1.43 bits per heavy atom. The van der Waals surface area contributed by atoms with E-state index in [1.165, 1.54) is 11.3 Å². The van der Waals surface area contributed by atoms with Gasteiger partial charge in [0.15, 0.2) is 0 Å². The first-order chi connectivity index (χ1) is 11.3. The zero-order valence-corrected chi connectivity index (χ0v) is 14.6. The molecule has 1 aliphatic heterocycles. The number of aromatic nitrogens is 2. The van der Waals surface area contributed by atoms with Crippen molar-refractivity contribution in [3.8, 4) is 0 Å². The Balaban J connectivity index is 1.65. The number of hydrogen-bond acceptors (Lipinski definition) is 3. The van der Waals surface area contributed by atoms with Gasteiger partial charge < -0.3 is 4.90 Å². The second kappa shape index (κ2) is 7.77. The molecule has 23 heavy (non-hydrogen) atoms. The Morgan fingerprint density at radius 3 is 3.13 bits per heavy atom. The van der Waals surface area contributed by atoms with Crippen LogP contribution < -0.4 is 0 Å². The van der Waals surface area contributed by atoms with Crippen LogP contribution in [0.1, 0.15) is 54.3 Å². The summed E-state index contributed by atoms with van der Waals surface area (Å²) >= 11 is 1.72. The summed E-state index contributed by atoms with van der Waals surface area (Å²) in [6.07, 6.45) is 10.4. The molecule has 0 aliphatic carbocycles. The zero-order valence-electron chi connectivity index (χ0n) is 13.8. The normalized spacial score (nSPS) is 18.3. The molecule has 2 aromatic heterocycles. The van der Waals surface area contributed by atoms with Gasteiger partial charge in [-0.25, -0.2) is 0 Å². The van der Waals surface area contributed by atoms with E-state index in [2.05, 4.69) is 23.0 Å². The fraction of sp³-hybridized carbons (Fsp3) is 0.556. The third kappa shape index (κ3) is 4.02. The molecule has 0 radical (unpaired) electrons. The Hall–Kier alpha value is -1.62. The van der Waals surface area contributed by atoms with Crippen LogP contribution in [0.3, 0.4) is 0 Å². The Morgan fingerprint density at radius 2 is 2.35 bits per heavy atom. The number of rotatable bonds is 6. The van der Waals surface area contributed by atoms with Gasteiger partial charge in [-0.1, -0.05) is 13.3 Å². The molecule has 0 unspecified atom stereocenters. The average Bonchev–Trinajstić information content (AvgIpc) is 3.25. The van der Waals surface area contributed by atoms with Gasteiger partial charge in [0.25, 0.3) is 5.91 Å². The third-order valence-electron chi connectivity index (χ3n) is 4.54. The number of hydrogen-bond donors (Lipinski definition) is 0. The number of carbonyl (C=O) groups is 1. The monoisotopic (exact) mass is 331 g/mol. The van der Waals surface area contributed by atoms with Crippen LogP contribution in [0.25, 0.3) is 0 Å². The lowest BCUT2D eigenvalue weighted by molar-refractivity contribution is 0.0594. The average molecular weight is 331 g/mol. The zero-order chi connectivity index (χ0) is 16.1. The van der Waals surface area contributed by atoms with E-state index in [9.17, 15) is 4.79 Å². The molecule has 4 nitrogen and oxygen atoms in total. The second-order valence-electron chi connectivity index (χ2n) is 6.26. The summed E-state index contributed by atoms with van der Waals surface area (Å²) in [4.78, 5) is 16.3. The Labute approximate surface area is 142 Å². The smallest absolute Gasteiger partial charge is 0.254 e. The highest BCUT2D eigenvalue weighted by Crippen LogP contribution is 2.25. The molecule has 3 rings (SSSR count). The molecule has 0 aromatic carbocycles. The van der Waals surface area contributed by atoms with Gasteiger partial charge in [-0.05, 0) is 44.2 Å². The van der Waals surface area contributed by atoms with Gasteiger partial charge in [0.05, 0.1) is 5.56 Å². The molecular formula is C18H25N3OS. The summed E-state index contributed by atoms with van der Waals surface area (Å²) in [6, 6.07) is 4.38. The minimum Gasteiger partial charge on any atom is -0.336 e. The van der Waals surface area contributed by atoms with Gasteiger partial charge in [0.1, 0.15) is 0 Å². The minimum atomic E-state index is 0.216. The van der Waals surface area contributed by atoms with Crippen molar-refractivity contribution in [2.24, 2.45) is 0 Å². The molecule has 0 N–H and O–H groups in total. The van der Waals surface area contributed by atoms with Crippen molar-refractivity contribution in [3.63, 3.8) is 0 Å². The second-order valence-corrected chi connectivity index (χ2v) is 7.25. The van der Waals surface area contributed by atoms with Crippen LogP contribution in [0, 0.1) is 0 Å². The van der Waals surface area contributed by atoms with Crippen LogP contribution in [0.15, 0.2) is 29.9 Å². The first kappa shape index (κ1) is 16.2. The van der Waals surface area contributed by atoms with Crippen LogP contribution in [0.2, 0.25) is 0 Å². The lowest BCUT2D eigenvalue weighted by atomic mass is 9.98. The Bertz CT molecular complexity index is 620. The van der Waals surface area contributed by atoms with Crippen LogP contribution in [0.4, 0.5) is 0 Å². The van der Waals surface area contributed by atoms with Crippen molar-refractivity contribution in [3.05, 3.63) is 40.3 Å². The number of amides is 1. The topological polar surface area (TPSA) is 38.1 Å². The van der Waals surface area contributed by atoms with E-state index in [0.29, 0.717) is 6.04 Å². The highest BCUT2D eigenvalue weighted by molar-refractivity contribution is 7.10. The number of likely N-dealkylation sites (tertiary alicyclic amines) is 1. The van der Waals surface area contributed by atoms with Gasteiger partial charge >= 0.3 is 0 Å². The highest BCUT2D eigenvalue weighted by Gasteiger charge is 2.27. The molecule has 0 bridgehead atoms. The molecule has 1 atom stereocenters. The van der Waals surface area contributed by atoms with Gasteiger partial charge in [-0.2, -0.15) is 5.10 Å². The van der Waals surface area contributed by atoms with Crippen molar-refractivity contribution in [1.29, 1.82) is 0 Å². The molecule has 124 valence electrons. The first-order valence-corrected chi connectivity index (χ1v) is 9.51. The summed E-state index contributed by atoms with van der Waals surface area (Å²) in [7, 11) is 0. The van der Waals surface area contributed by atoms with Crippen LogP contribution in [-0.4, -0.2) is 33.2 Å². The van der Waals surface area contributed by atoms with Crippen molar-refractivity contribution in [2.75, 3.05) is 6.54 Å². The van der Waals surface area contributed by atoms with E-state index >= 15 is 0 Å². The maximum Gasteiger partial charge on any atom is 0.254 e. The van der Waals surface area contributed by atoms with Gasteiger partial charge in [-0.15, -0.1) is 11.3 Å². The third-order valence-corrected chi connectivity index (χ3v) is 5.53. The van der Waals surface area contributed by atoms with E-state index in [1.54, 1.807) is 11.3 Å². The van der Waals surface area contributed by atoms with Crippen molar-refractivity contribution >= 4 is 17.2 Å². The number of nitrogens with zero attached hydrogens (tertiary/aromatic N) is 3. The van der Waals surface area contributed by atoms with Crippen LogP contribution in [0.5, 0.6) is 0 Å². The quantitative estimate of drug-likeness (QED) is 0.803. The lowest BCUT2D eigenvalue weighted by Gasteiger charge is -2.35. The van der Waals surface area contributed by atoms with E-state index < -0.39 is 0 Å². The van der Waals surface area contributed by atoms with Crippen LogP contribution >= 0.6 is 11.3 Å². The first-order valence-electron chi connectivity index (χ1n) is 8.63. The molecule has 1 fully saturated rings. The maximum atomic E-state index is 12.9. The van der Waals surface area contributed by atoms with Crippen molar-refractivity contribution in [1.82, 2.24) is 14.7 Å². The van der Waals surface area contributed by atoms with Gasteiger partial charge in [0, 0.05) is 41.8 Å². The SMILES string of the molecule is CCCc1cc(C(=O)N2CCCC[C@@H]2CCn2cccn2)cs1. The molecule has 1 saturated heterocycles. The largest absolute Gasteiger partial charge is 0.336 e. The number of carbonyl (C=O) groups excluding carboxylic acids is 1.